The molecule has 7 heteroatoms. The van der Waals surface area contributed by atoms with E-state index in [0.717, 1.165) is 42.7 Å². The van der Waals surface area contributed by atoms with E-state index in [-0.39, 0.29) is 42.5 Å². The van der Waals surface area contributed by atoms with E-state index in [1.807, 2.05) is 30.9 Å². The highest BCUT2D eigenvalue weighted by Gasteiger charge is 2.49. The van der Waals surface area contributed by atoms with Crippen LogP contribution in [0.1, 0.15) is 77.9 Å². The number of benzene rings is 1. The number of carboxylic acid groups (broad SMARTS) is 1. The van der Waals surface area contributed by atoms with Gasteiger partial charge in [0.25, 0.3) is 0 Å². The van der Waals surface area contributed by atoms with E-state index in [1.54, 1.807) is 7.11 Å². The Hall–Kier alpha value is -2.28. The van der Waals surface area contributed by atoms with Crippen molar-refractivity contribution in [3.05, 3.63) is 23.8 Å². The van der Waals surface area contributed by atoms with E-state index in [0.29, 0.717) is 19.0 Å². The molecule has 0 saturated carbocycles. The van der Waals surface area contributed by atoms with Crippen molar-refractivity contribution >= 4 is 11.9 Å². The monoisotopic (exact) mass is 473 g/mol. The van der Waals surface area contributed by atoms with Gasteiger partial charge in [-0.15, -0.1) is 0 Å². The van der Waals surface area contributed by atoms with Gasteiger partial charge in [-0.05, 0) is 56.9 Å². The summed E-state index contributed by atoms with van der Waals surface area (Å²) in [4.78, 5) is 25.8. The maximum absolute atomic E-state index is 12.8. The first-order chi connectivity index (χ1) is 16.0. The number of carboxylic acids is 1. The van der Waals surface area contributed by atoms with Crippen molar-refractivity contribution in [2.75, 3.05) is 20.2 Å². The molecule has 7 nitrogen and oxygen atoms in total. The summed E-state index contributed by atoms with van der Waals surface area (Å²) in [6, 6.07) is 6.02. The van der Waals surface area contributed by atoms with Crippen LogP contribution in [0.4, 0.5) is 0 Å². The molecule has 2 saturated heterocycles. The average Bonchev–Trinajstić information content (AvgIpc) is 2.77. The number of amides is 1. The fourth-order valence-corrected chi connectivity index (χ4v) is 6.07. The number of nitrogens with zero attached hydrogens (tertiary/aromatic N) is 1. The Morgan fingerprint density at radius 2 is 1.85 bits per heavy atom. The molecule has 3 aliphatic rings. The molecule has 0 radical (unpaired) electrons. The van der Waals surface area contributed by atoms with Crippen LogP contribution in [0.3, 0.4) is 0 Å². The predicted octanol–water partition coefficient (Wildman–Crippen LogP) is 4.83. The summed E-state index contributed by atoms with van der Waals surface area (Å²) in [6.07, 6.45) is 4.27. The van der Waals surface area contributed by atoms with Crippen molar-refractivity contribution < 1.29 is 28.9 Å². The molecule has 1 N–H and O–H groups in total. The first-order valence-electron chi connectivity index (χ1n) is 12.5. The third-order valence-corrected chi connectivity index (χ3v) is 7.92. The molecule has 3 atom stereocenters. The van der Waals surface area contributed by atoms with Gasteiger partial charge in [-0.2, -0.15) is 0 Å². The molecule has 1 aromatic rings. The molecule has 0 aliphatic carbocycles. The quantitative estimate of drug-likeness (QED) is 0.637. The van der Waals surface area contributed by atoms with E-state index in [2.05, 4.69) is 19.9 Å². The van der Waals surface area contributed by atoms with Crippen molar-refractivity contribution in [1.29, 1.82) is 0 Å². The number of rotatable bonds is 6. The molecule has 0 aromatic heterocycles. The van der Waals surface area contributed by atoms with Crippen LogP contribution in [0.2, 0.25) is 0 Å². The Morgan fingerprint density at radius 1 is 1.15 bits per heavy atom. The van der Waals surface area contributed by atoms with Crippen LogP contribution in [0.25, 0.3) is 0 Å². The molecule has 1 amide bonds. The number of likely N-dealkylation sites (tertiary alicyclic amines) is 1. The SMILES string of the molecule is COc1cccc2c1OC(C)(C)[C@H]1CC[C@H](C3CCN(C(=O)CC(C)(C)CC(=O)O)CC3)O[C@H]21. The van der Waals surface area contributed by atoms with Gasteiger partial charge < -0.3 is 24.2 Å². The fourth-order valence-electron chi connectivity index (χ4n) is 6.07. The zero-order valence-corrected chi connectivity index (χ0v) is 21.1. The molecule has 2 fully saturated rings. The average molecular weight is 474 g/mol. The third-order valence-electron chi connectivity index (χ3n) is 7.92. The van der Waals surface area contributed by atoms with Crippen molar-refractivity contribution in [2.24, 2.45) is 17.3 Å². The molecule has 0 unspecified atom stereocenters. The summed E-state index contributed by atoms with van der Waals surface area (Å²) < 4.78 is 18.8. The lowest BCUT2D eigenvalue weighted by Gasteiger charge is -2.50. The van der Waals surface area contributed by atoms with Gasteiger partial charge in [0.05, 0.1) is 25.7 Å². The molecule has 188 valence electrons. The first-order valence-corrected chi connectivity index (χ1v) is 12.5. The van der Waals surface area contributed by atoms with E-state index < -0.39 is 11.4 Å². The lowest BCUT2D eigenvalue weighted by Crippen LogP contribution is -2.50. The number of carbonyl (C=O) groups excluding carboxylic acids is 1. The van der Waals surface area contributed by atoms with Crippen LogP contribution >= 0.6 is 0 Å². The number of piperidine rings is 1. The molecule has 3 aliphatic heterocycles. The summed E-state index contributed by atoms with van der Waals surface area (Å²) >= 11 is 0. The Kier molecular flexibility index (Phi) is 6.87. The van der Waals surface area contributed by atoms with Crippen LogP contribution in [-0.2, 0) is 14.3 Å². The van der Waals surface area contributed by atoms with Gasteiger partial charge in [-0.3, -0.25) is 9.59 Å². The number of fused-ring (bicyclic) bond motifs is 3. The minimum atomic E-state index is -0.861. The standard InChI is InChI=1S/C27H39NO6/c1-26(2,16-23(30)31)15-22(29)28-13-11-17(12-14-28)20-10-9-19-24(33-20)18-7-6-8-21(32-5)25(18)34-27(19,3)4/h6-8,17,19-20,24H,9-16H2,1-5H3,(H,30,31)/t19-,20+,24+/m0/s1. The molecule has 0 spiro atoms. The number of aliphatic carboxylic acids is 1. The minimum Gasteiger partial charge on any atom is -0.493 e. The number of ether oxygens (including phenoxy) is 3. The number of carbonyl (C=O) groups is 2. The Bertz CT molecular complexity index is 918. The van der Waals surface area contributed by atoms with Crippen molar-refractivity contribution in [3.63, 3.8) is 0 Å². The van der Waals surface area contributed by atoms with E-state index in [9.17, 15) is 9.59 Å². The molecular weight excluding hydrogens is 434 g/mol. The van der Waals surface area contributed by atoms with Crippen LogP contribution in [0.15, 0.2) is 18.2 Å². The number of para-hydroxylation sites is 1. The Balaban J connectivity index is 1.40. The van der Waals surface area contributed by atoms with E-state index >= 15 is 0 Å². The van der Waals surface area contributed by atoms with Gasteiger partial charge >= 0.3 is 5.97 Å². The highest BCUT2D eigenvalue weighted by Crippen LogP contribution is 2.54. The largest absolute Gasteiger partial charge is 0.493 e. The predicted molar refractivity (Wildman–Crippen MR) is 128 cm³/mol. The highest BCUT2D eigenvalue weighted by atomic mass is 16.5. The van der Waals surface area contributed by atoms with Crippen molar-refractivity contribution in [2.45, 2.75) is 84.0 Å². The fraction of sp³-hybridized carbons (Fsp3) is 0.704. The summed E-state index contributed by atoms with van der Waals surface area (Å²) in [5.74, 6) is 1.42. The van der Waals surface area contributed by atoms with Gasteiger partial charge in [0.1, 0.15) is 5.60 Å². The van der Waals surface area contributed by atoms with Gasteiger partial charge in [-0.25, -0.2) is 0 Å². The minimum absolute atomic E-state index is 0.00000357. The molecule has 3 heterocycles. The molecular formula is C27H39NO6. The molecule has 34 heavy (non-hydrogen) atoms. The van der Waals surface area contributed by atoms with Gasteiger partial charge in [0, 0.05) is 31.0 Å². The van der Waals surface area contributed by atoms with E-state index in [1.165, 1.54) is 0 Å². The smallest absolute Gasteiger partial charge is 0.303 e. The number of hydrogen-bond acceptors (Lipinski definition) is 5. The summed E-state index contributed by atoms with van der Waals surface area (Å²) in [5.41, 5.74) is 0.197. The summed E-state index contributed by atoms with van der Waals surface area (Å²) in [7, 11) is 1.67. The summed E-state index contributed by atoms with van der Waals surface area (Å²) in [5, 5.41) is 9.10. The molecule has 1 aromatic carbocycles. The van der Waals surface area contributed by atoms with Crippen molar-refractivity contribution in [3.8, 4) is 11.5 Å². The van der Waals surface area contributed by atoms with Crippen LogP contribution in [0.5, 0.6) is 11.5 Å². The van der Waals surface area contributed by atoms with Crippen LogP contribution in [-0.4, -0.2) is 53.8 Å². The molecule has 0 bridgehead atoms. The van der Waals surface area contributed by atoms with Crippen LogP contribution in [0, 0.1) is 17.3 Å². The number of hydrogen-bond donors (Lipinski definition) is 1. The lowest BCUT2D eigenvalue weighted by atomic mass is 9.73. The second-order valence-corrected chi connectivity index (χ2v) is 11.5. The second-order valence-electron chi connectivity index (χ2n) is 11.5. The zero-order chi connectivity index (χ0) is 24.7. The Labute approximate surface area is 202 Å². The lowest BCUT2D eigenvalue weighted by molar-refractivity contribution is -0.169. The van der Waals surface area contributed by atoms with Gasteiger partial charge in [-0.1, -0.05) is 26.0 Å². The van der Waals surface area contributed by atoms with Gasteiger partial charge in [0.2, 0.25) is 5.91 Å². The van der Waals surface area contributed by atoms with E-state index in [4.69, 9.17) is 19.3 Å². The Morgan fingerprint density at radius 3 is 2.50 bits per heavy atom. The van der Waals surface area contributed by atoms with Crippen LogP contribution < -0.4 is 9.47 Å². The number of methoxy groups -OCH3 is 1. The second kappa shape index (κ2) is 9.40. The first kappa shape index (κ1) is 24.8. The maximum Gasteiger partial charge on any atom is 0.303 e. The van der Waals surface area contributed by atoms with Crippen molar-refractivity contribution in [1.82, 2.24) is 4.90 Å². The topological polar surface area (TPSA) is 85.3 Å². The van der Waals surface area contributed by atoms with Gasteiger partial charge in [0.15, 0.2) is 11.5 Å². The highest BCUT2D eigenvalue weighted by molar-refractivity contribution is 5.78. The molecule has 4 rings (SSSR count). The third kappa shape index (κ3) is 5.04. The maximum atomic E-state index is 12.8. The summed E-state index contributed by atoms with van der Waals surface area (Å²) in [6.45, 7) is 9.39. The zero-order valence-electron chi connectivity index (χ0n) is 21.1. The normalized spacial score (nSPS) is 26.7.